The number of nitrogens with zero attached hydrogens (tertiary/aromatic N) is 1. The number of nitrogens with one attached hydrogen (secondary N) is 3. The molecule has 0 saturated carbocycles. The van der Waals surface area contributed by atoms with Gasteiger partial charge in [0.15, 0.2) is 0 Å². The fourth-order valence-corrected chi connectivity index (χ4v) is 2.08. The van der Waals surface area contributed by atoms with Crippen molar-refractivity contribution in [1.29, 1.82) is 10.8 Å². The number of likely N-dealkylation sites (tertiary alicyclic amines) is 1. The molecule has 90 valence electrons. The average Bonchev–Trinajstić information content (AvgIpc) is 2.79. The summed E-state index contributed by atoms with van der Waals surface area (Å²) in [7, 11) is 0. The lowest BCUT2D eigenvalue weighted by molar-refractivity contribution is 0.495. The maximum Gasteiger partial charge on any atom is 0.125 e. The van der Waals surface area contributed by atoms with Crippen LogP contribution in [0, 0.1) is 10.8 Å². The van der Waals surface area contributed by atoms with Crippen molar-refractivity contribution in [2.45, 2.75) is 19.4 Å². The molecule has 1 aromatic carbocycles. The minimum Gasteiger partial charge on any atom is -0.365 e. The van der Waals surface area contributed by atoms with Gasteiger partial charge in [-0.2, -0.15) is 0 Å². The van der Waals surface area contributed by atoms with E-state index in [0.29, 0.717) is 11.7 Å². The predicted octanol–water partition coefficient (Wildman–Crippen LogP) is 1.67. The molecule has 1 aliphatic heterocycles. The first-order valence-electron chi connectivity index (χ1n) is 5.87. The average molecular weight is 230 g/mol. The monoisotopic (exact) mass is 230 g/mol. The van der Waals surface area contributed by atoms with E-state index in [4.69, 9.17) is 10.8 Å². The molecule has 0 aromatic heterocycles. The highest BCUT2D eigenvalue weighted by atomic mass is 15.2. The molecule has 1 heterocycles. The Morgan fingerprint density at radius 1 is 1.29 bits per heavy atom. The van der Waals surface area contributed by atoms with E-state index in [1.54, 1.807) is 0 Å². The van der Waals surface area contributed by atoms with E-state index in [1.165, 1.54) is 0 Å². The first-order valence-corrected chi connectivity index (χ1v) is 5.87. The number of amidine groups is 2. The fraction of sp³-hybridized carbons (Fsp3) is 0.385. The summed E-state index contributed by atoms with van der Waals surface area (Å²) in [5.74, 6) is 1.08. The van der Waals surface area contributed by atoms with Crippen molar-refractivity contribution in [2.75, 3.05) is 13.1 Å². The maximum atomic E-state index is 7.98. The second-order valence-electron chi connectivity index (χ2n) is 4.40. The second kappa shape index (κ2) is 4.99. The van der Waals surface area contributed by atoms with Crippen LogP contribution in [0.25, 0.3) is 0 Å². The summed E-state index contributed by atoms with van der Waals surface area (Å²) in [5, 5.41) is 18.8. The van der Waals surface area contributed by atoms with Crippen molar-refractivity contribution in [3.05, 3.63) is 35.9 Å². The molecule has 3 N–H and O–H groups in total. The van der Waals surface area contributed by atoms with Gasteiger partial charge in [-0.05, 0) is 13.3 Å². The van der Waals surface area contributed by atoms with Crippen molar-refractivity contribution in [3.8, 4) is 0 Å². The fourth-order valence-electron chi connectivity index (χ4n) is 2.08. The zero-order valence-electron chi connectivity index (χ0n) is 10.0. The van der Waals surface area contributed by atoms with Crippen molar-refractivity contribution >= 4 is 11.7 Å². The van der Waals surface area contributed by atoms with Crippen LogP contribution in [0.5, 0.6) is 0 Å². The Morgan fingerprint density at radius 3 is 2.59 bits per heavy atom. The van der Waals surface area contributed by atoms with Crippen molar-refractivity contribution in [1.82, 2.24) is 10.2 Å². The smallest absolute Gasteiger partial charge is 0.125 e. The topological polar surface area (TPSA) is 63.0 Å². The number of hydrogen-bond donors (Lipinski definition) is 3. The molecule has 17 heavy (non-hydrogen) atoms. The van der Waals surface area contributed by atoms with Crippen molar-refractivity contribution in [3.63, 3.8) is 0 Å². The molecule has 2 rings (SSSR count). The molecule has 1 saturated heterocycles. The summed E-state index contributed by atoms with van der Waals surface area (Å²) in [4.78, 5) is 2.04. The molecule has 1 unspecified atom stereocenters. The van der Waals surface area contributed by atoms with Crippen molar-refractivity contribution in [2.24, 2.45) is 0 Å². The van der Waals surface area contributed by atoms with E-state index < -0.39 is 0 Å². The van der Waals surface area contributed by atoms with E-state index >= 15 is 0 Å². The second-order valence-corrected chi connectivity index (χ2v) is 4.40. The van der Waals surface area contributed by atoms with E-state index in [1.807, 2.05) is 42.2 Å². The molecule has 4 nitrogen and oxygen atoms in total. The highest BCUT2D eigenvalue weighted by Crippen LogP contribution is 2.10. The van der Waals surface area contributed by atoms with Gasteiger partial charge in [-0.1, -0.05) is 30.3 Å². The van der Waals surface area contributed by atoms with Crippen LogP contribution in [0.15, 0.2) is 30.3 Å². The molecule has 0 bridgehead atoms. The van der Waals surface area contributed by atoms with Gasteiger partial charge in [0.05, 0.1) is 5.84 Å². The number of rotatable bonds is 2. The minimum atomic E-state index is 0.281. The predicted molar refractivity (Wildman–Crippen MR) is 69.8 cm³/mol. The number of hydrogen-bond acceptors (Lipinski definition) is 2. The van der Waals surface area contributed by atoms with Gasteiger partial charge in [-0.3, -0.25) is 10.8 Å². The van der Waals surface area contributed by atoms with Crippen LogP contribution in [-0.4, -0.2) is 35.7 Å². The van der Waals surface area contributed by atoms with Crippen LogP contribution >= 0.6 is 0 Å². The summed E-state index contributed by atoms with van der Waals surface area (Å²) in [6, 6.07) is 9.98. The Kier molecular flexibility index (Phi) is 3.42. The lowest BCUT2D eigenvalue weighted by Crippen LogP contribution is -2.37. The highest BCUT2D eigenvalue weighted by molar-refractivity contribution is 5.96. The Hall–Kier alpha value is -1.84. The third-order valence-corrected chi connectivity index (χ3v) is 3.07. The van der Waals surface area contributed by atoms with Gasteiger partial charge in [0.1, 0.15) is 5.84 Å². The van der Waals surface area contributed by atoms with Gasteiger partial charge >= 0.3 is 0 Å². The third kappa shape index (κ3) is 2.84. The number of benzene rings is 1. The molecular formula is C13H18N4. The summed E-state index contributed by atoms with van der Waals surface area (Å²) in [5.41, 5.74) is 0.914. The standard InChI is InChI=1S/C13H18N4/c1-10(14)17-8-7-12(9-17)16-13(15)11-5-3-2-4-6-11/h2-6,12,14H,7-9H2,1H3,(H2,15,16). The van der Waals surface area contributed by atoms with Crippen LogP contribution in [0.2, 0.25) is 0 Å². The molecule has 1 atom stereocenters. The molecule has 0 amide bonds. The lowest BCUT2D eigenvalue weighted by atomic mass is 10.2. The molecule has 1 aliphatic rings. The van der Waals surface area contributed by atoms with Gasteiger partial charge in [0.2, 0.25) is 0 Å². The third-order valence-electron chi connectivity index (χ3n) is 3.07. The van der Waals surface area contributed by atoms with Crippen LogP contribution in [0.1, 0.15) is 18.9 Å². The van der Waals surface area contributed by atoms with Gasteiger partial charge in [-0.25, -0.2) is 0 Å². The largest absolute Gasteiger partial charge is 0.365 e. The van der Waals surface area contributed by atoms with Crippen molar-refractivity contribution < 1.29 is 0 Å². The summed E-state index contributed by atoms with van der Waals surface area (Å²) in [6.45, 7) is 3.55. The minimum absolute atomic E-state index is 0.281. The molecule has 1 aromatic rings. The molecule has 0 spiro atoms. The molecule has 1 fully saturated rings. The lowest BCUT2D eigenvalue weighted by Gasteiger charge is -2.18. The van der Waals surface area contributed by atoms with Gasteiger partial charge in [0, 0.05) is 24.7 Å². The quantitative estimate of drug-likeness (QED) is 0.534. The Balaban J connectivity index is 1.91. The Labute approximate surface area is 102 Å². The van der Waals surface area contributed by atoms with E-state index in [9.17, 15) is 0 Å². The molecule has 0 aliphatic carbocycles. The summed E-state index contributed by atoms with van der Waals surface area (Å²) in [6.07, 6.45) is 0.992. The van der Waals surface area contributed by atoms with Crippen LogP contribution in [-0.2, 0) is 0 Å². The van der Waals surface area contributed by atoms with Crippen LogP contribution < -0.4 is 5.32 Å². The molecule has 4 heteroatoms. The first-order chi connectivity index (χ1) is 8.16. The maximum absolute atomic E-state index is 7.98. The van der Waals surface area contributed by atoms with Gasteiger partial charge < -0.3 is 10.2 Å². The zero-order chi connectivity index (χ0) is 12.3. The molecule has 0 radical (unpaired) electrons. The van der Waals surface area contributed by atoms with Crippen LogP contribution in [0.3, 0.4) is 0 Å². The van der Waals surface area contributed by atoms with Gasteiger partial charge in [0.25, 0.3) is 0 Å². The Morgan fingerprint density at radius 2 is 2.00 bits per heavy atom. The normalized spacial score (nSPS) is 19.1. The zero-order valence-corrected chi connectivity index (χ0v) is 10.0. The summed E-state index contributed by atoms with van der Waals surface area (Å²) >= 11 is 0. The molecular weight excluding hydrogens is 212 g/mol. The van der Waals surface area contributed by atoms with Crippen LogP contribution in [0.4, 0.5) is 0 Å². The van der Waals surface area contributed by atoms with E-state index in [-0.39, 0.29) is 6.04 Å². The highest BCUT2D eigenvalue weighted by Gasteiger charge is 2.23. The first kappa shape index (κ1) is 11.6. The van der Waals surface area contributed by atoms with Gasteiger partial charge in [-0.15, -0.1) is 0 Å². The Bertz CT molecular complexity index is 413. The summed E-state index contributed by atoms with van der Waals surface area (Å²) < 4.78 is 0. The van der Waals surface area contributed by atoms with E-state index in [2.05, 4.69) is 5.32 Å². The SMILES string of the molecule is CC(=N)N1CCC(NC(=N)c2ccccc2)C1. The van der Waals surface area contributed by atoms with E-state index in [0.717, 1.165) is 25.1 Å².